The molecule has 0 saturated carbocycles. The zero-order chi connectivity index (χ0) is 19.4. The standard InChI is InChI=1S/C20H21N3O4/c1-3-27-20(26)14-6-8-16(9-7-14)23-12-15(11-17(23)24)19(25)22-18-13(2)5-4-10-21-18/h4-10,15H,3,11-12H2,1-2H3,(H,21,22,25). The Balaban J connectivity index is 1.67. The predicted octanol–water partition coefficient (Wildman–Crippen LogP) is 2.56. The van der Waals surface area contributed by atoms with Gasteiger partial charge in [-0.25, -0.2) is 9.78 Å². The molecule has 1 unspecified atom stereocenters. The fraction of sp³-hybridized carbons (Fsp3) is 0.300. The second kappa shape index (κ2) is 7.99. The molecule has 7 heteroatoms. The first-order valence-electron chi connectivity index (χ1n) is 8.79. The van der Waals surface area contributed by atoms with E-state index in [-0.39, 0.29) is 24.8 Å². The maximum atomic E-state index is 12.5. The summed E-state index contributed by atoms with van der Waals surface area (Å²) in [5.41, 5.74) is 1.94. The van der Waals surface area contributed by atoms with E-state index >= 15 is 0 Å². The fourth-order valence-corrected chi connectivity index (χ4v) is 2.96. The first kappa shape index (κ1) is 18.6. The minimum absolute atomic E-state index is 0.128. The molecule has 0 radical (unpaired) electrons. The van der Waals surface area contributed by atoms with Gasteiger partial charge in [-0.3, -0.25) is 9.59 Å². The summed E-state index contributed by atoms with van der Waals surface area (Å²) < 4.78 is 4.95. The Morgan fingerprint density at radius 2 is 2.00 bits per heavy atom. The molecular formula is C20H21N3O4. The molecule has 2 amide bonds. The van der Waals surface area contributed by atoms with Gasteiger partial charge in [0.25, 0.3) is 0 Å². The van der Waals surface area contributed by atoms with E-state index in [0.717, 1.165) is 5.56 Å². The third-order valence-corrected chi connectivity index (χ3v) is 4.44. The van der Waals surface area contributed by atoms with E-state index in [4.69, 9.17) is 4.74 Å². The van der Waals surface area contributed by atoms with Crippen LogP contribution in [0.1, 0.15) is 29.3 Å². The summed E-state index contributed by atoms with van der Waals surface area (Å²) in [6.45, 7) is 4.19. The van der Waals surface area contributed by atoms with E-state index < -0.39 is 11.9 Å². The summed E-state index contributed by atoms with van der Waals surface area (Å²) in [7, 11) is 0. The predicted molar refractivity (Wildman–Crippen MR) is 100 cm³/mol. The van der Waals surface area contributed by atoms with E-state index in [9.17, 15) is 14.4 Å². The number of aromatic nitrogens is 1. The molecule has 1 aliphatic rings. The highest BCUT2D eigenvalue weighted by Gasteiger charge is 2.35. The van der Waals surface area contributed by atoms with Crippen molar-refractivity contribution in [1.29, 1.82) is 0 Å². The minimum Gasteiger partial charge on any atom is -0.462 e. The van der Waals surface area contributed by atoms with E-state index in [1.807, 2.05) is 13.0 Å². The van der Waals surface area contributed by atoms with Crippen LogP contribution in [0, 0.1) is 12.8 Å². The van der Waals surface area contributed by atoms with Gasteiger partial charge in [-0.2, -0.15) is 0 Å². The average molecular weight is 367 g/mol. The molecule has 1 saturated heterocycles. The molecule has 1 aromatic heterocycles. The number of rotatable bonds is 5. The lowest BCUT2D eigenvalue weighted by Gasteiger charge is -2.17. The Bertz CT molecular complexity index is 864. The number of pyridine rings is 1. The van der Waals surface area contributed by atoms with Gasteiger partial charge in [0.2, 0.25) is 11.8 Å². The van der Waals surface area contributed by atoms with Crippen LogP contribution >= 0.6 is 0 Å². The Morgan fingerprint density at radius 1 is 1.26 bits per heavy atom. The summed E-state index contributed by atoms with van der Waals surface area (Å²) in [6.07, 6.45) is 1.75. The molecule has 1 aromatic carbocycles. The summed E-state index contributed by atoms with van der Waals surface area (Å²) in [6, 6.07) is 10.3. The van der Waals surface area contributed by atoms with Crippen LogP contribution in [0.4, 0.5) is 11.5 Å². The quantitative estimate of drug-likeness (QED) is 0.821. The molecule has 1 fully saturated rings. The van der Waals surface area contributed by atoms with Gasteiger partial charge in [0.15, 0.2) is 0 Å². The molecular weight excluding hydrogens is 346 g/mol. The molecule has 1 atom stereocenters. The number of carbonyl (C=O) groups excluding carboxylic acids is 3. The maximum Gasteiger partial charge on any atom is 0.338 e. The van der Waals surface area contributed by atoms with Crippen LogP contribution in [0.2, 0.25) is 0 Å². The number of esters is 1. The summed E-state index contributed by atoms with van der Waals surface area (Å²) >= 11 is 0. The molecule has 27 heavy (non-hydrogen) atoms. The van der Waals surface area contributed by atoms with E-state index in [0.29, 0.717) is 23.7 Å². The molecule has 2 heterocycles. The fourth-order valence-electron chi connectivity index (χ4n) is 2.96. The number of hydrogen-bond acceptors (Lipinski definition) is 5. The van der Waals surface area contributed by atoms with Crippen molar-refractivity contribution < 1.29 is 19.1 Å². The van der Waals surface area contributed by atoms with Gasteiger partial charge in [0.1, 0.15) is 5.82 Å². The zero-order valence-corrected chi connectivity index (χ0v) is 15.3. The molecule has 0 bridgehead atoms. The van der Waals surface area contributed by atoms with Crippen LogP contribution in [-0.4, -0.2) is 35.9 Å². The first-order valence-corrected chi connectivity index (χ1v) is 8.79. The van der Waals surface area contributed by atoms with Crippen LogP contribution in [-0.2, 0) is 14.3 Å². The number of nitrogens with one attached hydrogen (secondary N) is 1. The summed E-state index contributed by atoms with van der Waals surface area (Å²) in [4.78, 5) is 42.3. The van der Waals surface area contributed by atoms with Crippen molar-refractivity contribution in [2.24, 2.45) is 5.92 Å². The molecule has 1 aliphatic heterocycles. The van der Waals surface area contributed by atoms with Gasteiger partial charge in [-0.05, 0) is 49.7 Å². The van der Waals surface area contributed by atoms with Gasteiger partial charge in [-0.15, -0.1) is 0 Å². The lowest BCUT2D eigenvalue weighted by molar-refractivity contribution is -0.122. The first-order chi connectivity index (χ1) is 13.0. The van der Waals surface area contributed by atoms with Crippen LogP contribution in [0.15, 0.2) is 42.6 Å². The van der Waals surface area contributed by atoms with Crippen LogP contribution < -0.4 is 10.2 Å². The van der Waals surface area contributed by atoms with Gasteiger partial charge in [0.05, 0.1) is 18.1 Å². The number of ether oxygens (including phenoxy) is 1. The molecule has 0 aliphatic carbocycles. The minimum atomic E-state index is -0.455. The Labute approximate surface area is 157 Å². The van der Waals surface area contributed by atoms with Crippen molar-refractivity contribution in [3.05, 3.63) is 53.7 Å². The van der Waals surface area contributed by atoms with Crippen molar-refractivity contribution in [3.63, 3.8) is 0 Å². The highest BCUT2D eigenvalue weighted by atomic mass is 16.5. The second-order valence-corrected chi connectivity index (χ2v) is 6.33. The molecule has 2 aromatic rings. The lowest BCUT2D eigenvalue weighted by Crippen LogP contribution is -2.28. The largest absolute Gasteiger partial charge is 0.462 e. The smallest absolute Gasteiger partial charge is 0.338 e. The average Bonchev–Trinajstić information content (AvgIpc) is 3.06. The summed E-state index contributed by atoms with van der Waals surface area (Å²) in [5, 5.41) is 2.79. The topological polar surface area (TPSA) is 88.6 Å². The van der Waals surface area contributed by atoms with Crippen LogP contribution in [0.5, 0.6) is 0 Å². The zero-order valence-electron chi connectivity index (χ0n) is 15.3. The SMILES string of the molecule is CCOC(=O)c1ccc(N2CC(C(=O)Nc3ncccc3C)CC2=O)cc1. The highest BCUT2D eigenvalue weighted by molar-refractivity contribution is 6.03. The molecule has 3 rings (SSSR count). The lowest BCUT2D eigenvalue weighted by atomic mass is 10.1. The van der Waals surface area contributed by atoms with E-state index in [1.54, 1.807) is 48.4 Å². The normalized spacial score (nSPS) is 16.3. The van der Waals surface area contributed by atoms with Crippen molar-refractivity contribution in [3.8, 4) is 0 Å². The maximum absolute atomic E-state index is 12.5. The third kappa shape index (κ3) is 4.13. The van der Waals surface area contributed by atoms with E-state index in [1.165, 1.54) is 0 Å². The van der Waals surface area contributed by atoms with Crippen molar-refractivity contribution in [2.45, 2.75) is 20.3 Å². The summed E-state index contributed by atoms with van der Waals surface area (Å²) in [5.74, 6) is -0.705. The van der Waals surface area contributed by atoms with E-state index in [2.05, 4.69) is 10.3 Å². The van der Waals surface area contributed by atoms with Crippen molar-refractivity contribution in [1.82, 2.24) is 4.98 Å². The van der Waals surface area contributed by atoms with Crippen LogP contribution in [0.3, 0.4) is 0 Å². The molecule has 7 nitrogen and oxygen atoms in total. The highest BCUT2D eigenvalue weighted by Crippen LogP contribution is 2.26. The number of hydrogen-bond donors (Lipinski definition) is 1. The number of carbonyl (C=O) groups is 3. The monoisotopic (exact) mass is 367 g/mol. The Morgan fingerprint density at radius 3 is 2.67 bits per heavy atom. The van der Waals surface area contributed by atoms with Crippen molar-refractivity contribution >= 4 is 29.3 Å². The Hall–Kier alpha value is -3.22. The van der Waals surface area contributed by atoms with Gasteiger partial charge in [0, 0.05) is 24.8 Å². The number of amides is 2. The molecule has 1 N–H and O–H groups in total. The molecule has 140 valence electrons. The third-order valence-electron chi connectivity index (χ3n) is 4.44. The number of anilines is 2. The Kier molecular flexibility index (Phi) is 5.49. The van der Waals surface area contributed by atoms with Gasteiger partial charge >= 0.3 is 5.97 Å². The van der Waals surface area contributed by atoms with Crippen molar-refractivity contribution in [2.75, 3.05) is 23.4 Å². The number of benzene rings is 1. The van der Waals surface area contributed by atoms with Crippen LogP contribution in [0.25, 0.3) is 0 Å². The number of aryl methyl sites for hydroxylation is 1. The van der Waals surface area contributed by atoms with Gasteiger partial charge < -0.3 is 15.0 Å². The number of nitrogens with zero attached hydrogens (tertiary/aromatic N) is 2. The molecule has 0 spiro atoms. The second-order valence-electron chi connectivity index (χ2n) is 6.33. The van der Waals surface area contributed by atoms with Gasteiger partial charge in [-0.1, -0.05) is 6.07 Å².